The van der Waals surface area contributed by atoms with Crippen molar-refractivity contribution in [3.63, 3.8) is 0 Å². The van der Waals surface area contributed by atoms with Gasteiger partial charge in [-0.15, -0.1) is 0 Å². The highest BCUT2D eigenvalue weighted by Gasteiger charge is 2.12. The van der Waals surface area contributed by atoms with Crippen LogP contribution in [0.25, 0.3) is 0 Å². The maximum atomic E-state index is 11.5. The fourth-order valence-corrected chi connectivity index (χ4v) is 1.68. The normalized spacial score (nSPS) is 11.3. The van der Waals surface area contributed by atoms with E-state index in [-0.39, 0.29) is 12.6 Å². The Morgan fingerprint density at radius 3 is 2.58 bits per heavy atom. The number of hydrogen-bond acceptors (Lipinski definition) is 5. The fraction of sp³-hybridized carbons (Fsp3) is 0.438. The van der Waals surface area contributed by atoms with Gasteiger partial charge in [-0.05, 0) is 44.0 Å². The molecular weight excluding hydrogens is 336 g/mol. The Kier molecular flexibility index (Phi) is 8.05. The minimum atomic E-state index is -0.722. The molecule has 1 aromatic rings. The number of ether oxygens (including phenoxy) is 2. The summed E-state index contributed by atoms with van der Waals surface area (Å²) >= 11 is 5.89. The number of rotatable bonds is 7. The Bertz CT molecular complexity index is 606. The molecule has 1 aromatic carbocycles. The highest BCUT2D eigenvalue weighted by Crippen LogP contribution is 2.20. The van der Waals surface area contributed by atoms with Crippen molar-refractivity contribution in [3.8, 4) is 5.75 Å². The van der Waals surface area contributed by atoms with Crippen molar-refractivity contribution in [2.45, 2.75) is 33.2 Å². The van der Waals surface area contributed by atoms with Crippen LogP contribution in [-0.2, 0) is 14.3 Å². The van der Waals surface area contributed by atoms with E-state index in [1.54, 1.807) is 25.1 Å². The largest absolute Gasteiger partial charge is 0.482 e. The summed E-state index contributed by atoms with van der Waals surface area (Å²) in [6.07, 6.45) is 0.734. The van der Waals surface area contributed by atoms with Crippen molar-refractivity contribution in [1.29, 1.82) is 0 Å². The molecule has 0 aromatic heterocycles. The molecule has 0 aliphatic heterocycles. The number of hydrogen-bond donors (Lipinski definition) is 2. The van der Waals surface area contributed by atoms with E-state index in [0.717, 1.165) is 12.0 Å². The van der Waals surface area contributed by atoms with Gasteiger partial charge in [-0.1, -0.05) is 18.5 Å². The van der Waals surface area contributed by atoms with Crippen LogP contribution < -0.4 is 15.4 Å². The van der Waals surface area contributed by atoms with Crippen LogP contribution >= 0.6 is 11.6 Å². The van der Waals surface area contributed by atoms with Crippen LogP contribution in [0.1, 0.15) is 25.8 Å². The average molecular weight is 357 g/mol. The monoisotopic (exact) mass is 356 g/mol. The van der Waals surface area contributed by atoms with E-state index in [0.29, 0.717) is 10.8 Å². The number of aryl methyl sites for hydroxylation is 1. The highest BCUT2D eigenvalue weighted by molar-refractivity contribution is 6.31. The molecule has 132 valence electrons. The smallest absolute Gasteiger partial charge is 0.344 e. The van der Waals surface area contributed by atoms with Crippen molar-refractivity contribution < 1.29 is 23.9 Å². The zero-order valence-corrected chi connectivity index (χ0v) is 14.6. The van der Waals surface area contributed by atoms with Crippen LogP contribution in [0.4, 0.5) is 4.79 Å². The number of carbonyl (C=O) groups excluding carboxylic acids is 3. The summed E-state index contributed by atoms with van der Waals surface area (Å²) in [5.74, 6) is -0.974. The Morgan fingerprint density at radius 2 is 1.96 bits per heavy atom. The van der Waals surface area contributed by atoms with Crippen molar-refractivity contribution in [3.05, 3.63) is 28.8 Å². The predicted octanol–water partition coefficient (Wildman–Crippen LogP) is 2.19. The molecule has 0 heterocycles. The number of nitrogens with one attached hydrogen (secondary N) is 2. The van der Waals surface area contributed by atoms with Crippen LogP contribution in [0.5, 0.6) is 5.75 Å². The summed E-state index contributed by atoms with van der Waals surface area (Å²) < 4.78 is 9.97. The van der Waals surface area contributed by atoms with E-state index < -0.39 is 24.5 Å². The van der Waals surface area contributed by atoms with E-state index in [9.17, 15) is 14.4 Å². The quantitative estimate of drug-likeness (QED) is 0.730. The molecule has 0 saturated heterocycles. The van der Waals surface area contributed by atoms with E-state index >= 15 is 0 Å². The number of esters is 1. The first-order valence-corrected chi connectivity index (χ1v) is 7.84. The zero-order chi connectivity index (χ0) is 18.1. The maximum Gasteiger partial charge on any atom is 0.344 e. The van der Waals surface area contributed by atoms with E-state index in [2.05, 4.69) is 10.6 Å². The van der Waals surface area contributed by atoms with Crippen LogP contribution in [0, 0.1) is 6.92 Å². The second kappa shape index (κ2) is 9.77. The molecule has 0 fully saturated rings. The third kappa shape index (κ3) is 7.32. The minimum Gasteiger partial charge on any atom is -0.482 e. The molecule has 0 unspecified atom stereocenters. The van der Waals surface area contributed by atoms with Crippen molar-refractivity contribution in [2.75, 3.05) is 13.2 Å². The summed E-state index contributed by atoms with van der Waals surface area (Å²) in [5, 5.41) is 5.22. The van der Waals surface area contributed by atoms with Gasteiger partial charge in [0.1, 0.15) is 5.75 Å². The lowest BCUT2D eigenvalue weighted by Gasteiger charge is -2.12. The Balaban J connectivity index is 2.29. The molecule has 2 N–H and O–H groups in total. The average Bonchev–Trinajstić information content (AvgIpc) is 2.53. The van der Waals surface area contributed by atoms with Gasteiger partial charge in [0, 0.05) is 11.1 Å². The Labute approximate surface area is 145 Å². The summed E-state index contributed by atoms with van der Waals surface area (Å²) in [6, 6.07) is 4.27. The molecule has 1 rings (SSSR count). The number of urea groups is 1. The van der Waals surface area contributed by atoms with Crippen molar-refractivity contribution in [1.82, 2.24) is 10.6 Å². The summed E-state index contributed by atoms with van der Waals surface area (Å²) in [6.45, 7) is 4.60. The van der Waals surface area contributed by atoms with Gasteiger partial charge in [-0.3, -0.25) is 10.1 Å². The molecule has 0 spiro atoms. The number of imide groups is 1. The topological polar surface area (TPSA) is 93.7 Å². The van der Waals surface area contributed by atoms with Gasteiger partial charge < -0.3 is 14.8 Å². The van der Waals surface area contributed by atoms with Gasteiger partial charge >= 0.3 is 12.0 Å². The van der Waals surface area contributed by atoms with E-state index in [4.69, 9.17) is 21.1 Å². The standard InChI is InChI=1S/C16H21ClN2O5/c1-4-11(3)18-16(22)19-14(20)8-24-15(21)9-23-12-5-6-13(17)10(2)7-12/h5-7,11H,4,8-9H2,1-3H3,(H2,18,19,20,22)/t11-/m0/s1. The van der Waals surface area contributed by atoms with Crippen LogP contribution in [0.2, 0.25) is 5.02 Å². The van der Waals surface area contributed by atoms with Crippen molar-refractivity contribution in [2.24, 2.45) is 0 Å². The number of amides is 3. The second-order valence-corrected chi connectivity index (χ2v) is 5.60. The molecule has 8 heteroatoms. The third-order valence-corrected chi connectivity index (χ3v) is 3.52. The first-order chi connectivity index (χ1) is 11.3. The lowest BCUT2D eigenvalue weighted by atomic mass is 10.2. The predicted molar refractivity (Wildman–Crippen MR) is 89.1 cm³/mol. The maximum absolute atomic E-state index is 11.5. The molecule has 1 atom stereocenters. The van der Waals surface area contributed by atoms with E-state index in [1.807, 2.05) is 13.8 Å². The molecule has 0 aliphatic rings. The van der Waals surface area contributed by atoms with Gasteiger partial charge in [0.15, 0.2) is 13.2 Å². The van der Waals surface area contributed by atoms with Crippen molar-refractivity contribution >= 4 is 29.5 Å². The molecule has 3 amide bonds. The van der Waals surface area contributed by atoms with Gasteiger partial charge in [0.2, 0.25) is 0 Å². The summed E-state index contributed by atoms with van der Waals surface area (Å²) in [4.78, 5) is 34.4. The minimum absolute atomic E-state index is 0.0587. The van der Waals surface area contributed by atoms with Gasteiger partial charge in [-0.25, -0.2) is 9.59 Å². The van der Waals surface area contributed by atoms with Gasteiger partial charge in [0.25, 0.3) is 5.91 Å². The molecular formula is C16H21ClN2O5. The number of halogens is 1. The Morgan fingerprint density at radius 1 is 1.25 bits per heavy atom. The third-order valence-electron chi connectivity index (χ3n) is 3.09. The van der Waals surface area contributed by atoms with Gasteiger partial charge in [0.05, 0.1) is 0 Å². The first kappa shape index (κ1) is 19.8. The lowest BCUT2D eigenvalue weighted by Crippen LogP contribution is -2.44. The molecule has 0 aliphatic carbocycles. The number of benzene rings is 1. The molecule has 24 heavy (non-hydrogen) atoms. The summed E-state index contributed by atoms with van der Waals surface area (Å²) in [5.41, 5.74) is 0.814. The molecule has 7 nitrogen and oxygen atoms in total. The van der Waals surface area contributed by atoms with Crippen LogP contribution in [-0.4, -0.2) is 37.2 Å². The first-order valence-electron chi connectivity index (χ1n) is 7.46. The van der Waals surface area contributed by atoms with Crippen LogP contribution in [0.15, 0.2) is 18.2 Å². The lowest BCUT2D eigenvalue weighted by molar-refractivity contribution is -0.150. The molecule has 0 bridgehead atoms. The Hall–Kier alpha value is -2.28. The van der Waals surface area contributed by atoms with Gasteiger partial charge in [-0.2, -0.15) is 0 Å². The zero-order valence-electron chi connectivity index (χ0n) is 13.8. The van der Waals surface area contributed by atoms with E-state index in [1.165, 1.54) is 0 Å². The fourth-order valence-electron chi connectivity index (χ4n) is 1.56. The molecule has 0 radical (unpaired) electrons. The number of carbonyl (C=O) groups is 3. The van der Waals surface area contributed by atoms with Crippen LogP contribution in [0.3, 0.4) is 0 Å². The summed E-state index contributed by atoms with van der Waals surface area (Å²) in [7, 11) is 0. The molecule has 0 saturated carbocycles. The highest BCUT2D eigenvalue weighted by atomic mass is 35.5. The SMILES string of the molecule is CC[C@H](C)NC(=O)NC(=O)COC(=O)COc1ccc(Cl)c(C)c1. The second-order valence-electron chi connectivity index (χ2n) is 5.19.